The van der Waals surface area contributed by atoms with E-state index in [9.17, 15) is 0 Å². The van der Waals surface area contributed by atoms with Crippen molar-refractivity contribution in [3.05, 3.63) is 101 Å². The van der Waals surface area contributed by atoms with Crippen molar-refractivity contribution in [2.45, 2.75) is 25.7 Å². The van der Waals surface area contributed by atoms with Crippen LogP contribution >= 0.6 is 0 Å². The van der Waals surface area contributed by atoms with Gasteiger partial charge in [-0.05, 0) is 83.1 Å². The minimum Gasteiger partial charge on any atom is -0.458 e. The lowest BCUT2D eigenvalue weighted by Gasteiger charge is -2.32. The molecule has 37 heavy (non-hydrogen) atoms. The first-order valence-corrected chi connectivity index (χ1v) is 13.0. The van der Waals surface area contributed by atoms with Gasteiger partial charge in [0, 0.05) is 41.1 Å². The summed E-state index contributed by atoms with van der Waals surface area (Å²) in [5, 5.41) is 0. The first kappa shape index (κ1) is 19.8. The first-order chi connectivity index (χ1) is 18.3. The summed E-state index contributed by atoms with van der Waals surface area (Å²) in [4.78, 5) is 9.81. The summed E-state index contributed by atoms with van der Waals surface area (Å²) in [5.74, 6) is 3.37. The van der Waals surface area contributed by atoms with Gasteiger partial charge in [-0.1, -0.05) is 30.3 Å². The number of fused-ring (bicyclic) bond motifs is 6. The maximum atomic E-state index is 6.45. The fraction of sp³-hybridized carbons (Fsp3) is 0.125. The van der Waals surface area contributed by atoms with Crippen molar-refractivity contribution in [2.75, 3.05) is 0 Å². The highest BCUT2D eigenvalue weighted by Crippen LogP contribution is 2.37. The molecule has 3 aromatic carbocycles. The van der Waals surface area contributed by atoms with E-state index >= 15 is 0 Å². The minimum absolute atomic E-state index is 0.0320. The average molecular weight is 476 g/mol. The molecule has 0 amide bonds. The van der Waals surface area contributed by atoms with E-state index in [4.69, 9.17) is 19.4 Å². The second kappa shape index (κ2) is 7.10. The molecule has 0 saturated heterocycles. The predicted octanol–water partition coefficient (Wildman–Crippen LogP) is 4.74. The Labute approximate surface area is 215 Å². The largest absolute Gasteiger partial charge is 0.458 e. The monoisotopic (exact) mass is 476 g/mol. The summed E-state index contributed by atoms with van der Waals surface area (Å²) in [6.07, 6.45) is 8.63. The Morgan fingerprint density at radius 1 is 0.541 bits per heavy atom. The van der Waals surface area contributed by atoms with Crippen LogP contribution in [0.3, 0.4) is 0 Å². The van der Waals surface area contributed by atoms with Crippen LogP contribution in [0.4, 0.5) is 0 Å². The van der Waals surface area contributed by atoms with Gasteiger partial charge in [0.15, 0.2) is 0 Å². The van der Waals surface area contributed by atoms with E-state index in [1.54, 1.807) is 0 Å². The van der Waals surface area contributed by atoms with Crippen LogP contribution in [0.1, 0.15) is 22.3 Å². The van der Waals surface area contributed by atoms with Gasteiger partial charge in [-0.3, -0.25) is 9.97 Å². The predicted molar refractivity (Wildman–Crippen MR) is 145 cm³/mol. The zero-order chi connectivity index (χ0) is 24.1. The van der Waals surface area contributed by atoms with Crippen LogP contribution in [0.5, 0.6) is 23.0 Å². The Bertz CT molecular complexity index is 1680. The minimum atomic E-state index is -0.0320. The van der Waals surface area contributed by atoms with Crippen molar-refractivity contribution in [3.63, 3.8) is 0 Å². The van der Waals surface area contributed by atoms with Crippen LogP contribution in [0.25, 0.3) is 22.5 Å². The summed E-state index contributed by atoms with van der Waals surface area (Å²) in [5.41, 5.74) is 13.1. The summed E-state index contributed by atoms with van der Waals surface area (Å²) in [6, 6.07) is 23.6. The topological polar surface area (TPSA) is 44.2 Å². The van der Waals surface area contributed by atoms with E-state index in [-0.39, 0.29) is 6.71 Å². The van der Waals surface area contributed by atoms with E-state index in [1.165, 1.54) is 35.1 Å². The number of hydrogen-bond acceptors (Lipinski definition) is 4. The average Bonchev–Trinajstić information content (AvgIpc) is 2.89. The van der Waals surface area contributed by atoms with Crippen molar-refractivity contribution in [1.82, 2.24) is 9.97 Å². The molecule has 4 heterocycles. The molecule has 4 nitrogen and oxygen atoms in total. The highest BCUT2D eigenvalue weighted by Gasteiger charge is 2.41. The lowest BCUT2D eigenvalue weighted by Crippen LogP contribution is -2.57. The lowest BCUT2D eigenvalue weighted by molar-refractivity contribution is 0.464. The fourth-order valence-electron chi connectivity index (χ4n) is 6.23. The lowest BCUT2D eigenvalue weighted by atomic mass is 9.35. The number of rotatable bonds is 2. The van der Waals surface area contributed by atoms with Crippen LogP contribution in [-0.4, -0.2) is 16.7 Å². The molecule has 4 aliphatic rings. The first-order valence-electron chi connectivity index (χ1n) is 13.0. The molecular weight excluding hydrogens is 455 g/mol. The molecule has 0 radical (unpaired) electrons. The van der Waals surface area contributed by atoms with E-state index < -0.39 is 0 Å². The smallest absolute Gasteiger partial charge is 0.264 e. The van der Waals surface area contributed by atoms with E-state index in [1.807, 2.05) is 30.6 Å². The van der Waals surface area contributed by atoms with Crippen LogP contribution in [0, 0.1) is 0 Å². The quantitative estimate of drug-likeness (QED) is 0.339. The van der Waals surface area contributed by atoms with Crippen molar-refractivity contribution >= 4 is 23.1 Å². The Morgan fingerprint density at radius 2 is 1.05 bits per heavy atom. The molecule has 2 aliphatic carbocycles. The molecule has 0 N–H and O–H groups in total. The van der Waals surface area contributed by atoms with Gasteiger partial charge in [-0.15, -0.1) is 0 Å². The summed E-state index contributed by atoms with van der Waals surface area (Å²) >= 11 is 0. The number of benzene rings is 3. The van der Waals surface area contributed by atoms with Gasteiger partial charge in [-0.2, -0.15) is 0 Å². The Hall–Kier alpha value is -4.38. The van der Waals surface area contributed by atoms with E-state index in [2.05, 4.69) is 48.5 Å². The molecule has 0 spiro atoms. The van der Waals surface area contributed by atoms with Crippen molar-refractivity contribution in [2.24, 2.45) is 0 Å². The van der Waals surface area contributed by atoms with Gasteiger partial charge in [0.25, 0.3) is 6.71 Å². The van der Waals surface area contributed by atoms with Gasteiger partial charge >= 0.3 is 0 Å². The highest BCUT2D eigenvalue weighted by molar-refractivity contribution is 6.98. The fourth-order valence-corrected chi connectivity index (χ4v) is 6.23. The highest BCUT2D eigenvalue weighted by atomic mass is 16.5. The van der Waals surface area contributed by atoms with Gasteiger partial charge in [0.1, 0.15) is 23.0 Å². The van der Waals surface area contributed by atoms with Crippen molar-refractivity contribution in [3.8, 4) is 45.5 Å². The Kier molecular flexibility index (Phi) is 3.79. The molecule has 0 fully saturated rings. The van der Waals surface area contributed by atoms with Crippen LogP contribution in [0.15, 0.2) is 79.1 Å². The molecular formula is C32H21BN2O2. The van der Waals surface area contributed by atoms with E-state index in [0.717, 1.165) is 74.7 Å². The molecule has 2 aromatic heterocycles. The maximum absolute atomic E-state index is 6.45. The molecule has 9 rings (SSSR count). The zero-order valence-corrected chi connectivity index (χ0v) is 20.1. The third kappa shape index (κ3) is 2.80. The van der Waals surface area contributed by atoms with Gasteiger partial charge < -0.3 is 9.47 Å². The number of pyridine rings is 2. The molecule has 174 valence electrons. The van der Waals surface area contributed by atoms with Gasteiger partial charge in [0.2, 0.25) is 0 Å². The molecule has 0 atom stereocenters. The second-order valence-corrected chi connectivity index (χ2v) is 10.5. The third-order valence-electron chi connectivity index (χ3n) is 8.50. The third-order valence-corrected chi connectivity index (χ3v) is 8.50. The van der Waals surface area contributed by atoms with Gasteiger partial charge in [-0.25, -0.2) is 0 Å². The normalized spacial score (nSPS) is 15.0. The standard InChI is InChI=1S/C32H21BN2O2/c1-2-28-32-29(3-1)37-31-15-27(23-11-7-19-5-9-21(19)13-23)35-17-25(31)33(32)24-16-34-26(14-30(24)36-28)22-10-6-18-4-8-20(18)12-22/h1-3,6-7,10-17H,4-5,8-9H2. The molecule has 5 aromatic rings. The summed E-state index contributed by atoms with van der Waals surface area (Å²) in [6.45, 7) is -0.0320. The Morgan fingerprint density at radius 3 is 1.51 bits per heavy atom. The Balaban J connectivity index is 1.17. The van der Waals surface area contributed by atoms with Crippen LogP contribution < -0.4 is 25.9 Å². The summed E-state index contributed by atoms with van der Waals surface area (Å²) < 4.78 is 12.9. The zero-order valence-electron chi connectivity index (χ0n) is 20.1. The van der Waals surface area contributed by atoms with Gasteiger partial charge in [0.05, 0.1) is 11.4 Å². The molecule has 0 unspecified atom stereocenters. The number of aromatic nitrogens is 2. The van der Waals surface area contributed by atoms with Crippen molar-refractivity contribution < 1.29 is 9.47 Å². The second-order valence-electron chi connectivity index (χ2n) is 10.5. The van der Waals surface area contributed by atoms with E-state index in [0.29, 0.717) is 0 Å². The van der Waals surface area contributed by atoms with Crippen LogP contribution in [0.2, 0.25) is 0 Å². The van der Waals surface area contributed by atoms with Crippen molar-refractivity contribution in [1.29, 1.82) is 0 Å². The molecule has 2 aliphatic heterocycles. The maximum Gasteiger partial charge on any atom is 0.264 e. The SMILES string of the molecule is c1cc2c3c(c1)Oc1cc(-c4ccc5c(c4)CC5)ncc1B3c1cnc(-c3ccc4c(c3)CC4)cc1O2. The number of hydrogen-bond donors (Lipinski definition) is 0. The number of aryl methyl sites for hydroxylation is 4. The number of nitrogens with zero attached hydrogens (tertiary/aromatic N) is 2. The number of ether oxygens (including phenoxy) is 2. The molecule has 0 saturated carbocycles. The van der Waals surface area contributed by atoms with Crippen LogP contribution in [-0.2, 0) is 25.7 Å². The molecule has 0 bridgehead atoms. The molecule has 5 heteroatoms. The summed E-state index contributed by atoms with van der Waals surface area (Å²) in [7, 11) is 0.